The third-order valence-electron chi connectivity index (χ3n) is 4.31. The van der Waals surface area contributed by atoms with E-state index in [1.165, 1.54) is 12.8 Å². The van der Waals surface area contributed by atoms with Gasteiger partial charge in [0.2, 0.25) is 11.8 Å². The Hall–Kier alpha value is -1.06. The van der Waals surface area contributed by atoms with Crippen LogP contribution in [-0.2, 0) is 9.59 Å². The number of carbonyl (C=O) groups is 2. The molecule has 0 radical (unpaired) electrons. The van der Waals surface area contributed by atoms with Crippen LogP contribution in [-0.4, -0.2) is 34.3 Å². The van der Waals surface area contributed by atoms with Gasteiger partial charge in [-0.15, -0.1) is 0 Å². The maximum atomic E-state index is 12.6. The molecule has 110 valence electrons. The van der Waals surface area contributed by atoms with Gasteiger partial charge >= 0.3 is 0 Å². The standard InChI is InChI=1S/C15H28N2O2/c1-6-8-9-10-11(3)17-12(4)13(18)16-15(5,7-2)14(17)19/h11-12H,6-10H2,1-5H3,(H,16,18). The maximum Gasteiger partial charge on any atom is 0.248 e. The van der Waals surface area contributed by atoms with Crippen LogP contribution >= 0.6 is 0 Å². The van der Waals surface area contributed by atoms with Crippen LogP contribution < -0.4 is 5.32 Å². The number of piperazine rings is 1. The van der Waals surface area contributed by atoms with E-state index < -0.39 is 5.54 Å². The summed E-state index contributed by atoms with van der Waals surface area (Å²) >= 11 is 0. The first-order chi connectivity index (χ1) is 8.87. The molecule has 0 saturated carbocycles. The number of hydrogen-bond donors (Lipinski definition) is 1. The zero-order valence-electron chi connectivity index (χ0n) is 13.0. The number of amides is 2. The van der Waals surface area contributed by atoms with Crippen LogP contribution in [0.3, 0.4) is 0 Å². The third-order valence-corrected chi connectivity index (χ3v) is 4.31. The first-order valence-electron chi connectivity index (χ1n) is 7.52. The van der Waals surface area contributed by atoms with Gasteiger partial charge in [0, 0.05) is 6.04 Å². The highest BCUT2D eigenvalue weighted by Gasteiger charge is 2.46. The second kappa shape index (κ2) is 6.40. The van der Waals surface area contributed by atoms with Crippen LogP contribution in [0, 0.1) is 0 Å². The fraction of sp³-hybridized carbons (Fsp3) is 0.867. The molecule has 0 aromatic carbocycles. The number of nitrogens with zero attached hydrogens (tertiary/aromatic N) is 1. The molecule has 3 unspecified atom stereocenters. The molecule has 1 aliphatic heterocycles. The van der Waals surface area contributed by atoms with Gasteiger partial charge in [0.15, 0.2) is 0 Å². The Bertz CT molecular complexity index is 343. The number of hydrogen-bond acceptors (Lipinski definition) is 2. The fourth-order valence-corrected chi connectivity index (χ4v) is 2.67. The third kappa shape index (κ3) is 3.28. The number of nitrogens with one attached hydrogen (secondary N) is 1. The summed E-state index contributed by atoms with van der Waals surface area (Å²) in [5.74, 6) is 0.0254. The van der Waals surface area contributed by atoms with Gasteiger partial charge in [-0.25, -0.2) is 0 Å². The average Bonchev–Trinajstić information content (AvgIpc) is 2.37. The van der Waals surface area contributed by atoms with E-state index in [0.717, 1.165) is 12.8 Å². The van der Waals surface area contributed by atoms with Crippen LogP contribution in [0.2, 0.25) is 0 Å². The molecule has 1 rings (SSSR count). The van der Waals surface area contributed by atoms with E-state index in [-0.39, 0.29) is 23.9 Å². The van der Waals surface area contributed by atoms with Crippen LogP contribution in [0.1, 0.15) is 66.7 Å². The van der Waals surface area contributed by atoms with Crippen LogP contribution in [0.5, 0.6) is 0 Å². The summed E-state index contributed by atoms with van der Waals surface area (Å²) in [6, 6.07) is -0.227. The van der Waals surface area contributed by atoms with E-state index in [9.17, 15) is 9.59 Å². The Balaban J connectivity index is 2.82. The molecule has 1 aliphatic rings. The molecule has 4 nitrogen and oxygen atoms in total. The van der Waals surface area contributed by atoms with Crippen LogP contribution in [0.4, 0.5) is 0 Å². The molecule has 0 bridgehead atoms. The van der Waals surface area contributed by atoms with E-state index in [0.29, 0.717) is 6.42 Å². The lowest BCUT2D eigenvalue weighted by atomic mass is 9.90. The van der Waals surface area contributed by atoms with Crippen molar-refractivity contribution in [3.05, 3.63) is 0 Å². The molecular weight excluding hydrogens is 240 g/mol. The second-order valence-electron chi connectivity index (χ2n) is 5.91. The first-order valence-corrected chi connectivity index (χ1v) is 7.52. The van der Waals surface area contributed by atoms with E-state index in [2.05, 4.69) is 19.2 Å². The maximum absolute atomic E-state index is 12.6. The van der Waals surface area contributed by atoms with Crippen molar-refractivity contribution in [2.45, 2.75) is 84.3 Å². The van der Waals surface area contributed by atoms with Crippen molar-refractivity contribution in [1.29, 1.82) is 0 Å². The van der Waals surface area contributed by atoms with E-state index >= 15 is 0 Å². The van der Waals surface area contributed by atoms with Crippen molar-refractivity contribution in [1.82, 2.24) is 10.2 Å². The lowest BCUT2D eigenvalue weighted by Gasteiger charge is -2.45. The van der Waals surface area contributed by atoms with Gasteiger partial charge in [0.1, 0.15) is 11.6 Å². The Kier molecular flexibility index (Phi) is 5.39. The lowest BCUT2D eigenvalue weighted by molar-refractivity contribution is -0.156. The molecular formula is C15H28N2O2. The van der Waals surface area contributed by atoms with Gasteiger partial charge < -0.3 is 10.2 Å². The summed E-state index contributed by atoms with van der Waals surface area (Å²) in [4.78, 5) is 26.5. The lowest BCUT2D eigenvalue weighted by Crippen LogP contribution is -2.69. The number of carbonyl (C=O) groups excluding carboxylic acids is 2. The number of rotatable bonds is 6. The second-order valence-corrected chi connectivity index (χ2v) is 5.91. The molecule has 1 heterocycles. The quantitative estimate of drug-likeness (QED) is 0.752. The first kappa shape index (κ1) is 16.0. The van der Waals surface area contributed by atoms with Gasteiger partial charge in [0.05, 0.1) is 0 Å². The smallest absolute Gasteiger partial charge is 0.248 e. The Morgan fingerprint density at radius 1 is 1.32 bits per heavy atom. The Morgan fingerprint density at radius 2 is 1.95 bits per heavy atom. The molecule has 1 saturated heterocycles. The van der Waals surface area contributed by atoms with Crippen molar-refractivity contribution in [2.24, 2.45) is 0 Å². The van der Waals surface area contributed by atoms with Crippen LogP contribution in [0.25, 0.3) is 0 Å². The molecule has 2 amide bonds. The van der Waals surface area contributed by atoms with Crippen molar-refractivity contribution < 1.29 is 9.59 Å². The summed E-state index contributed by atoms with van der Waals surface area (Å²) in [5.41, 5.74) is -0.734. The fourth-order valence-electron chi connectivity index (χ4n) is 2.67. The van der Waals surface area contributed by atoms with E-state index in [4.69, 9.17) is 0 Å². The van der Waals surface area contributed by atoms with Gasteiger partial charge in [-0.1, -0.05) is 33.1 Å². The van der Waals surface area contributed by atoms with Crippen molar-refractivity contribution >= 4 is 11.8 Å². The Labute approximate surface area is 116 Å². The highest BCUT2D eigenvalue weighted by atomic mass is 16.2. The normalized spacial score (nSPS) is 29.3. The monoisotopic (exact) mass is 268 g/mol. The molecule has 4 heteroatoms. The minimum atomic E-state index is -0.734. The topological polar surface area (TPSA) is 49.4 Å². The highest BCUT2D eigenvalue weighted by molar-refractivity contribution is 5.99. The molecule has 1 fully saturated rings. The molecule has 0 spiro atoms. The number of unbranched alkanes of at least 4 members (excludes halogenated alkanes) is 2. The summed E-state index contributed by atoms with van der Waals surface area (Å²) in [6.45, 7) is 9.80. The SMILES string of the molecule is CCCCCC(C)N1C(=O)C(C)(CC)NC(=O)C1C. The largest absolute Gasteiger partial charge is 0.340 e. The summed E-state index contributed by atoms with van der Waals surface area (Å²) in [7, 11) is 0. The molecule has 0 aromatic rings. The van der Waals surface area contributed by atoms with Crippen molar-refractivity contribution in [3.8, 4) is 0 Å². The minimum Gasteiger partial charge on any atom is -0.340 e. The van der Waals surface area contributed by atoms with E-state index in [1.807, 2.05) is 20.8 Å². The predicted molar refractivity (Wildman–Crippen MR) is 76.8 cm³/mol. The van der Waals surface area contributed by atoms with Gasteiger partial charge in [-0.05, 0) is 33.6 Å². The zero-order chi connectivity index (χ0) is 14.6. The summed E-state index contributed by atoms with van der Waals surface area (Å²) < 4.78 is 0. The van der Waals surface area contributed by atoms with Gasteiger partial charge in [0.25, 0.3) is 0 Å². The molecule has 0 aromatic heterocycles. The van der Waals surface area contributed by atoms with Gasteiger partial charge in [-0.3, -0.25) is 9.59 Å². The Morgan fingerprint density at radius 3 is 2.47 bits per heavy atom. The van der Waals surface area contributed by atoms with Crippen molar-refractivity contribution in [2.75, 3.05) is 0 Å². The molecule has 19 heavy (non-hydrogen) atoms. The predicted octanol–water partition coefficient (Wildman–Crippen LogP) is 2.47. The zero-order valence-corrected chi connectivity index (χ0v) is 13.0. The molecule has 1 N–H and O–H groups in total. The highest BCUT2D eigenvalue weighted by Crippen LogP contribution is 2.25. The van der Waals surface area contributed by atoms with Crippen LogP contribution in [0.15, 0.2) is 0 Å². The van der Waals surface area contributed by atoms with E-state index in [1.54, 1.807) is 4.90 Å². The summed E-state index contributed by atoms with van der Waals surface area (Å²) in [6.07, 6.45) is 5.06. The van der Waals surface area contributed by atoms with Crippen molar-refractivity contribution in [3.63, 3.8) is 0 Å². The van der Waals surface area contributed by atoms with Gasteiger partial charge in [-0.2, -0.15) is 0 Å². The summed E-state index contributed by atoms with van der Waals surface area (Å²) in [5, 5.41) is 2.86. The molecule has 3 atom stereocenters. The molecule has 0 aliphatic carbocycles. The average molecular weight is 268 g/mol. The minimum absolute atomic E-state index is 0.0358.